The molecule has 1 aliphatic carbocycles. The molecule has 5 rings (SSSR count). The zero-order valence-electron chi connectivity index (χ0n) is 16.8. The number of aromatic nitrogens is 2. The number of benzene rings is 3. The van der Waals surface area contributed by atoms with Gasteiger partial charge in [0.1, 0.15) is 0 Å². The van der Waals surface area contributed by atoms with E-state index >= 15 is 0 Å². The van der Waals surface area contributed by atoms with Gasteiger partial charge in [0, 0.05) is 18.0 Å². The van der Waals surface area contributed by atoms with Crippen LogP contribution in [0, 0.1) is 0 Å². The number of hydrogen-bond acceptors (Lipinski definition) is 2. The van der Waals surface area contributed by atoms with Gasteiger partial charge in [0.05, 0.1) is 0 Å². The van der Waals surface area contributed by atoms with E-state index in [1.165, 1.54) is 27.8 Å². The van der Waals surface area contributed by atoms with Gasteiger partial charge in [0.15, 0.2) is 5.82 Å². The lowest BCUT2D eigenvalue weighted by Gasteiger charge is -2.09. The van der Waals surface area contributed by atoms with Crippen LogP contribution in [-0.4, -0.2) is 9.97 Å². The highest BCUT2D eigenvalue weighted by molar-refractivity contribution is 5.88. The van der Waals surface area contributed by atoms with Crippen molar-refractivity contribution in [3.8, 4) is 11.4 Å². The SMILES string of the molecule is C=C(Cc1ccc2c(c1)C=C(c1ccccc1)C2)c1ccc(-c2ncccn2)cc1. The van der Waals surface area contributed by atoms with Gasteiger partial charge in [-0.3, -0.25) is 0 Å². The van der Waals surface area contributed by atoms with Crippen LogP contribution in [0.5, 0.6) is 0 Å². The first-order valence-corrected chi connectivity index (χ1v) is 10.2. The fourth-order valence-electron chi connectivity index (χ4n) is 3.98. The molecule has 2 nitrogen and oxygen atoms in total. The second-order valence-corrected chi connectivity index (χ2v) is 7.68. The molecule has 3 aromatic carbocycles. The van der Waals surface area contributed by atoms with Gasteiger partial charge >= 0.3 is 0 Å². The van der Waals surface area contributed by atoms with Crippen molar-refractivity contribution in [2.45, 2.75) is 12.8 Å². The molecular formula is C28H22N2. The maximum atomic E-state index is 4.33. The van der Waals surface area contributed by atoms with Gasteiger partial charge < -0.3 is 0 Å². The van der Waals surface area contributed by atoms with Crippen LogP contribution < -0.4 is 0 Å². The summed E-state index contributed by atoms with van der Waals surface area (Å²) in [4.78, 5) is 8.63. The fraction of sp³-hybridized carbons (Fsp3) is 0.0714. The molecule has 0 bridgehead atoms. The minimum Gasteiger partial charge on any atom is -0.237 e. The third kappa shape index (κ3) is 3.72. The predicted molar refractivity (Wildman–Crippen MR) is 125 cm³/mol. The van der Waals surface area contributed by atoms with Gasteiger partial charge in [-0.15, -0.1) is 0 Å². The normalized spacial score (nSPS) is 12.3. The predicted octanol–water partition coefficient (Wildman–Crippen LogP) is 6.50. The van der Waals surface area contributed by atoms with Crippen molar-refractivity contribution in [3.63, 3.8) is 0 Å². The molecule has 1 heterocycles. The standard InChI is InChI=1S/C28H22N2/c1-20(22-10-12-24(13-11-22)28-29-14-5-15-30-28)16-21-8-9-25-18-27(19-26(25)17-21)23-6-3-2-4-7-23/h2-15,17,19H,1,16,18H2. The van der Waals surface area contributed by atoms with E-state index in [1.807, 2.05) is 6.07 Å². The lowest BCUT2D eigenvalue weighted by atomic mass is 9.96. The fourth-order valence-corrected chi connectivity index (χ4v) is 3.98. The molecule has 0 saturated heterocycles. The first-order valence-electron chi connectivity index (χ1n) is 10.2. The molecule has 0 spiro atoms. The summed E-state index contributed by atoms with van der Waals surface area (Å²) in [5.74, 6) is 0.745. The van der Waals surface area contributed by atoms with E-state index in [4.69, 9.17) is 0 Å². The average molecular weight is 386 g/mol. The monoisotopic (exact) mass is 386 g/mol. The first-order chi connectivity index (χ1) is 14.8. The highest BCUT2D eigenvalue weighted by atomic mass is 14.8. The summed E-state index contributed by atoms with van der Waals surface area (Å²) >= 11 is 0. The molecule has 1 aliphatic rings. The Bertz CT molecular complexity index is 1220. The summed E-state index contributed by atoms with van der Waals surface area (Å²) in [5.41, 5.74) is 9.99. The van der Waals surface area contributed by atoms with E-state index < -0.39 is 0 Å². The smallest absolute Gasteiger partial charge is 0.159 e. The van der Waals surface area contributed by atoms with Crippen LogP contribution in [0.25, 0.3) is 28.6 Å². The number of hydrogen-bond donors (Lipinski definition) is 0. The zero-order chi connectivity index (χ0) is 20.3. The van der Waals surface area contributed by atoms with Crippen molar-refractivity contribution >= 4 is 17.2 Å². The average Bonchev–Trinajstić information content (AvgIpc) is 3.24. The topological polar surface area (TPSA) is 25.8 Å². The molecule has 0 unspecified atom stereocenters. The number of fused-ring (bicyclic) bond motifs is 1. The molecular weight excluding hydrogens is 364 g/mol. The number of nitrogens with zero attached hydrogens (tertiary/aromatic N) is 2. The van der Waals surface area contributed by atoms with E-state index in [1.54, 1.807) is 12.4 Å². The Morgan fingerprint density at radius 2 is 1.57 bits per heavy atom. The zero-order valence-corrected chi connectivity index (χ0v) is 16.8. The van der Waals surface area contributed by atoms with Crippen LogP contribution in [0.2, 0.25) is 0 Å². The molecule has 0 fully saturated rings. The highest BCUT2D eigenvalue weighted by Gasteiger charge is 2.14. The Kier molecular flexibility index (Phi) is 4.82. The maximum absolute atomic E-state index is 4.33. The van der Waals surface area contributed by atoms with Crippen LogP contribution in [0.1, 0.15) is 27.8 Å². The lowest BCUT2D eigenvalue weighted by Crippen LogP contribution is -1.93. The molecule has 30 heavy (non-hydrogen) atoms. The largest absolute Gasteiger partial charge is 0.237 e. The second kappa shape index (κ2) is 7.92. The maximum Gasteiger partial charge on any atom is 0.159 e. The molecule has 0 N–H and O–H groups in total. The highest BCUT2D eigenvalue weighted by Crippen LogP contribution is 2.33. The second-order valence-electron chi connectivity index (χ2n) is 7.68. The summed E-state index contributed by atoms with van der Waals surface area (Å²) in [6.07, 6.45) is 7.69. The van der Waals surface area contributed by atoms with Crippen molar-refractivity contribution in [2.75, 3.05) is 0 Å². The third-order valence-electron chi connectivity index (χ3n) is 5.60. The van der Waals surface area contributed by atoms with Gasteiger partial charge in [-0.2, -0.15) is 0 Å². The molecule has 0 radical (unpaired) electrons. The third-order valence-corrected chi connectivity index (χ3v) is 5.60. The Morgan fingerprint density at radius 3 is 2.33 bits per heavy atom. The van der Waals surface area contributed by atoms with Crippen molar-refractivity contribution in [1.82, 2.24) is 9.97 Å². The van der Waals surface area contributed by atoms with E-state index in [0.29, 0.717) is 0 Å². The molecule has 144 valence electrons. The van der Waals surface area contributed by atoms with Gasteiger partial charge in [0.25, 0.3) is 0 Å². The summed E-state index contributed by atoms with van der Waals surface area (Å²) < 4.78 is 0. The summed E-state index contributed by atoms with van der Waals surface area (Å²) in [6, 6.07) is 27.6. The van der Waals surface area contributed by atoms with Crippen molar-refractivity contribution < 1.29 is 0 Å². The number of allylic oxidation sites excluding steroid dienone is 2. The van der Waals surface area contributed by atoms with E-state index in [2.05, 4.69) is 95.4 Å². The molecule has 0 atom stereocenters. The van der Waals surface area contributed by atoms with E-state index in [9.17, 15) is 0 Å². The van der Waals surface area contributed by atoms with Crippen molar-refractivity contribution in [2.24, 2.45) is 0 Å². The summed E-state index contributed by atoms with van der Waals surface area (Å²) in [6.45, 7) is 4.33. The van der Waals surface area contributed by atoms with Gasteiger partial charge in [-0.25, -0.2) is 9.97 Å². The Labute approximate surface area is 177 Å². The van der Waals surface area contributed by atoms with Crippen molar-refractivity contribution in [3.05, 3.63) is 126 Å². The molecule has 4 aromatic rings. The van der Waals surface area contributed by atoms with Crippen LogP contribution in [-0.2, 0) is 12.8 Å². The quantitative estimate of drug-likeness (QED) is 0.391. The van der Waals surface area contributed by atoms with Crippen LogP contribution in [0.15, 0.2) is 97.8 Å². The molecule has 0 aliphatic heterocycles. The van der Waals surface area contributed by atoms with E-state index in [0.717, 1.165) is 35.4 Å². The molecule has 0 amide bonds. The van der Waals surface area contributed by atoms with Crippen LogP contribution >= 0.6 is 0 Å². The van der Waals surface area contributed by atoms with Gasteiger partial charge in [0.2, 0.25) is 0 Å². The summed E-state index contributed by atoms with van der Waals surface area (Å²) in [7, 11) is 0. The van der Waals surface area contributed by atoms with Crippen LogP contribution in [0.3, 0.4) is 0 Å². The first kappa shape index (κ1) is 18.3. The Morgan fingerprint density at radius 1 is 0.800 bits per heavy atom. The lowest BCUT2D eigenvalue weighted by molar-refractivity contribution is 1.17. The minimum atomic E-state index is 0.745. The van der Waals surface area contributed by atoms with Crippen LogP contribution in [0.4, 0.5) is 0 Å². The van der Waals surface area contributed by atoms with Crippen molar-refractivity contribution in [1.29, 1.82) is 0 Å². The molecule has 1 aromatic heterocycles. The van der Waals surface area contributed by atoms with Gasteiger partial charge in [-0.05, 0) is 57.9 Å². The number of rotatable bonds is 5. The molecule has 2 heteroatoms. The van der Waals surface area contributed by atoms with Gasteiger partial charge in [-0.1, -0.05) is 85.5 Å². The Balaban J connectivity index is 1.32. The Hall–Kier alpha value is -3.78. The minimum absolute atomic E-state index is 0.745. The summed E-state index contributed by atoms with van der Waals surface area (Å²) in [5, 5.41) is 0. The molecule has 0 saturated carbocycles. The van der Waals surface area contributed by atoms with E-state index in [-0.39, 0.29) is 0 Å².